The topological polar surface area (TPSA) is 35.5 Å². The van der Waals surface area contributed by atoms with E-state index < -0.39 is 0 Å². The number of hydrogen-bond acceptors (Lipinski definition) is 3. The van der Waals surface area contributed by atoms with Crippen molar-refractivity contribution in [3.8, 4) is 11.5 Å². The molecule has 0 saturated heterocycles. The summed E-state index contributed by atoms with van der Waals surface area (Å²) in [5.74, 6) is 0.588. The maximum atomic E-state index is 11.1. The van der Waals surface area contributed by atoms with Crippen LogP contribution in [0.1, 0.15) is 18.1 Å². The van der Waals surface area contributed by atoms with E-state index in [0.717, 1.165) is 11.1 Å². The number of ether oxygens (including phenoxy) is 2. The number of methoxy groups -OCH3 is 1. The Kier molecular flexibility index (Phi) is 4.62. The summed E-state index contributed by atoms with van der Waals surface area (Å²) in [6.45, 7) is 1.37. The molecule has 0 aliphatic carbocycles. The van der Waals surface area contributed by atoms with Gasteiger partial charge in [0.25, 0.3) is 0 Å². The van der Waals surface area contributed by atoms with Crippen LogP contribution >= 0.6 is 0 Å². The molecule has 0 spiro atoms. The second-order valence-corrected chi connectivity index (χ2v) is 5.41. The number of esters is 1. The Morgan fingerprint density at radius 3 is 2.50 bits per heavy atom. The lowest BCUT2D eigenvalue weighted by Crippen LogP contribution is -2.02. The fourth-order valence-electron chi connectivity index (χ4n) is 2.61. The van der Waals surface area contributed by atoms with Crippen molar-refractivity contribution in [2.45, 2.75) is 6.92 Å². The third-order valence-electron chi connectivity index (χ3n) is 3.72. The molecule has 24 heavy (non-hydrogen) atoms. The van der Waals surface area contributed by atoms with E-state index >= 15 is 0 Å². The van der Waals surface area contributed by atoms with Gasteiger partial charge in [-0.2, -0.15) is 0 Å². The van der Waals surface area contributed by atoms with Gasteiger partial charge in [-0.05, 0) is 34.0 Å². The first-order valence-corrected chi connectivity index (χ1v) is 7.69. The highest BCUT2D eigenvalue weighted by atomic mass is 16.6. The van der Waals surface area contributed by atoms with Crippen molar-refractivity contribution in [1.82, 2.24) is 0 Å². The molecule has 0 fully saturated rings. The number of rotatable bonds is 4. The van der Waals surface area contributed by atoms with Gasteiger partial charge in [0.05, 0.1) is 7.11 Å². The molecule has 0 N–H and O–H groups in total. The molecule has 0 unspecified atom stereocenters. The summed E-state index contributed by atoms with van der Waals surface area (Å²) in [7, 11) is 1.56. The van der Waals surface area contributed by atoms with Gasteiger partial charge in [-0.3, -0.25) is 4.79 Å². The Morgan fingerprint density at radius 1 is 0.917 bits per heavy atom. The predicted octanol–water partition coefficient (Wildman–Crippen LogP) is 4.94. The van der Waals surface area contributed by atoms with E-state index in [9.17, 15) is 4.79 Å². The highest BCUT2D eigenvalue weighted by Gasteiger charge is 2.07. The van der Waals surface area contributed by atoms with Gasteiger partial charge in [-0.1, -0.05) is 60.7 Å². The molecule has 0 atom stereocenters. The summed E-state index contributed by atoms with van der Waals surface area (Å²) in [5.41, 5.74) is 2.12. The molecular weight excluding hydrogens is 300 g/mol. The van der Waals surface area contributed by atoms with Crippen LogP contribution in [0, 0.1) is 0 Å². The molecule has 0 aromatic heterocycles. The van der Waals surface area contributed by atoms with Crippen LogP contribution < -0.4 is 9.47 Å². The second kappa shape index (κ2) is 7.01. The molecule has 0 radical (unpaired) electrons. The van der Waals surface area contributed by atoms with Gasteiger partial charge >= 0.3 is 5.97 Å². The van der Waals surface area contributed by atoms with Gasteiger partial charge in [0.1, 0.15) is 0 Å². The van der Waals surface area contributed by atoms with Crippen LogP contribution in [0.25, 0.3) is 22.9 Å². The molecule has 3 rings (SSSR count). The number of benzene rings is 3. The van der Waals surface area contributed by atoms with Crippen LogP contribution in [-0.2, 0) is 4.79 Å². The van der Waals surface area contributed by atoms with Crippen molar-refractivity contribution in [2.24, 2.45) is 0 Å². The molecule has 0 aliphatic heterocycles. The highest BCUT2D eigenvalue weighted by molar-refractivity contribution is 5.92. The standard InChI is InChI=1S/C21H18O3/c1-15(22)24-20-13-11-16(14-21(20)23-2)10-12-18-8-5-7-17-6-3-4-9-19(17)18/h3-14H,1-2H3. The first-order chi connectivity index (χ1) is 11.7. The number of carbonyl (C=O) groups is 1. The molecule has 3 aromatic carbocycles. The van der Waals surface area contributed by atoms with Crippen molar-refractivity contribution in [3.63, 3.8) is 0 Å². The summed E-state index contributed by atoms with van der Waals surface area (Å²) in [5, 5.41) is 2.42. The minimum Gasteiger partial charge on any atom is -0.493 e. The Bertz CT molecular complexity index is 905. The first kappa shape index (κ1) is 15.8. The summed E-state index contributed by atoms with van der Waals surface area (Å²) in [4.78, 5) is 11.1. The highest BCUT2D eigenvalue weighted by Crippen LogP contribution is 2.29. The molecule has 3 heteroatoms. The lowest BCUT2D eigenvalue weighted by atomic mass is 10.0. The van der Waals surface area contributed by atoms with Gasteiger partial charge in [-0.25, -0.2) is 0 Å². The van der Waals surface area contributed by atoms with Crippen molar-refractivity contribution in [2.75, 3.05) is 7.11 Å². The van der Waals surface area contributed by atoms with E-state index in [0.29, 0.717) is 11.5 Å². The molecule has 0 amide bonds. The fourth-order valence-corrected chi connectivity index (χ4v) is 2.61. The van der Waals surface area contributed by atoms with Crippen LogP contribution in [0.15, 0.2) is 60.7 Å². The van der Waals surface area contributed by atoms with Crippen molar-refractivity contribution in [1.29, 1.82) is 0 Å². The lowest BCUT2D eigenvalue weighted by molar-refractivity contribution is -0.132. The van der Waals surface area contributed by atoms with Crippen LogP contribution in [0.3, 0.4) is 0 Å². The van der Waals surface area contributed by atoms with Gasteiger partial charge in [0, 0.05) is 6.92 Å². The average Bonchev–Trinajstić information content (AvgIpc) is 2.60. The normalized spacial score (nSPS) is 10.9. The van der Waals surface area contributed by atoms with E-state index in [1.165, 1.54) is 17.7 Å². The third-order valence-corrected chi connectivity index (χ3v) is 3.72. The molecule has 0 bridgehead atoms. The Labute approximate surface area is 141 Å². The molecule has 0 saturated carbocycles. The molecule has 0 aliphatic rings. The number of hydrogen-bond donors (Lipinski definition) is 0. The molecule has 0 heterocycles. The van der Waals surface area contributed by atoms with Gasteiger partial charge in [-0.15, -0.1) is 0 Å². The van der Waals surface area contributed by atoms with Crippen LogP contribution in [0.4, 0.5) is 0 Å². The van der Waals surface area contributed by atoms with Crippen molar-refractivity contribution in [3.05, 3.63) is 71.8 Å². The molecule has 120 valence electrons. The Hall–Kier alpha value is -3.07. The minimum atomic E-state index is -0.368. The Morgan fingerprint density at radius 2 is 1.71 bits per heavy atom. The van der Waals surface area contributed by atoms with Gasteiger partial charge in [0.2, 0.25) is 0 Å². The van der Waals surface area contributed by atoms with Gasteiger partial charge in [0.15, 0.2) is 11.5 Å². The van der Waals surface area contributed by atoms with E-state index in [2.05, 4.69) is 30.3 Å². The SMILES string of the molecule is COc1cc(C=Cc2cccc3ccccc23)ccc1OC(C)=O. The summed E-state index contributed by atoms with van der Waals surface area (Å²) < 4.78 is 10.4. The quantitative estimate of drug-likeness (QED) is 0.388. The Balaban J connectivity index is 1.92. The number of carbonyl (C=O) groups excluding carboxylic acids is 1. The largest absolute Gasteiger partial charge is 0.493 e. The monoisotopic (exact) mass is 318 g/mol. The van der Waals surface area contributed by atoms with Crippen LogP contribution in [0.5, 0.6) is 11.5 Å². The minimum absolute atomic E-state index is 0.368. The summed E-state index contributed by atoms with van der Waals surface area (Å²) in [6.07, 6.45) is 4.09. The third kappa shape index (κ3) is 3.46. The number of fused-ring (bicyclic) bond motifs is 1. The average molecular weight is 318 g/mol. The summed E-state index contributed by atoms with van der Waals surface area (Å²) >= 11 is 0. The molecular formula is C21H18O3. The van der Waals surface area contributed by atoms with E-state index in [1.807, 2.05) is 36.4 Å². The van der Waals surface area contributed by atoms with E-state index in [-0.39, 0.29) is 5.97 Å². The van der Waals surface area contributed by atoms with Gasteiger partial charge < -0.3 is 9.47 Å². The van der Waals surface area contributed by atoms with Crippen molar-refractivity contribution >= 4 is 28.9 Å². The van der Waals surface area contributed by atoms with Crippen LogP contribution in [0.2, 0.25) is 0 Å². The van der Waals surface area contributed by atoms with Crippen LogP contribution in [-0.4, -0.2) is 13.1 Å². The fraction of sp³-hybridized carbons (Fsp3) is 0.0952. The zero-order valence-electron chi connectivity index (χ0n) is 13.7. The second-order valence-electron chi connectivity index (χ2n) is 5.41. The maximum absolute atomic E-state index is 11.1. The zero-order chi connectivity index (χ0) is 16.9. The zero-order valence-corrected chi connectivity index (χ0v) is 13.7. The predicted molar refractivity (Wildman–Crippen MR) is 97.2 cm³/mol. The molecule has 3 nitrogen and oxygen atoms in total. The smallest absolute Gasteiger partial charge is 0.308 e. The van der Waals surface area contributed by atoms with E-state index in [4.69, 9.17) is 9.47 Å². The van der Waals surface area contributed by atoms with Crippen molar-refractivity contribution < 1.29 is 14.3 Å². The van der Waals surface area contributed by atoms with E-state index in [1.54, 1.807) is 13.2 Å². The first-order valence-electron chi connectivity index (χ1n) is 7.69. The molecule has 3 aromatic rings. The lowest BCUT2D eigenvalue weighted by Gasteiger charge is -2.08. The maximum Gasteiger partial charge on any atom is 0.308 e. The summed E-state index contributed by atoms with van der Waals surface area (Å²) in [6, 6.07) is 20.0.